The number of amides is 1. The second kappa shape index (κ2) is 6.97. The summed E-state index contributed by atoms with van der Waals surface area (Å²) in [5, 5.41) is 2.85. The number of hydrogen-bond acceptors (Lipinski definition) is 3. The Hall–Kier alpha value is -2.47. The number of carbonyl (C=O) groups is 1. The predicted molar refractivity (Wildman–Crippen MR) is 93.1 cm³/mol. The van der Waals surface area contributed by atoms with Crippen LogP contribution in [-0.2, 0) is 13.0 Å². The van der Waals surface area contributed by atoms with Gasteiger partial charge in [0.2, 0.25) is 0 Å². The zero-order chi connectivity index (χ0) is 17.1. The van der Waals surface area contributed by atoms with Crippen molar-refractivity contribution in [3.05, 3.63) is 69.7 Å². The van der Waals surface area contributed by atoms with Crippen molar-refractivity contribution >= 4 is 17.2 Å². The topological polar surface area (TPSA) is 46.9 Å². The molecule has 2 aromatic heterocycles. The SMILES string of the molecule is CCc1sc(C(=O)NCc2ccc(-n3ccnc3)c(F)c2)cc1C. The van der Waals surface area contributed by atoms with Crippen LogP contribution in [0.5, 0.6) is 0 Å². The zero-order valence-corrected chi connectivity index (χ0v) is 14.4. The average molecular weight is 343 g/mol. The number of nitrogens with one attached hydrogen (secondary N) is 1. The Morgan fingerprint density at radius 2 is 2.21 bits per heavy atom. The van der Waals surface area contributed by atoms with E-state index in [0.29, 0.717) is 22.7 Å². The minimum absolute atomic E-state index is 0.123. The fraction of sp³-hybridized carbons (Fsp3) is 0.222. The summed E-state index contributed by atoms with van der Waals surface area (Å²) in [6.07, 6.45) is 5.75. The van der Waals surface area contributed by atoms with E-state index in [4.69, 9.17) is 0 Å². The highest BCUT2D eigenvalue weighted by molar-refractivity contribution is 7.14. The molecule has 0 fully saturated rings. The van der Waals surface area contributed by atoms with E-state index < -0.39 is 0 Å². The monoisotopic (exact) mass is 343 g/mol. The fourth-order valence-electron chi connectivity index (χ4n) is 2.52. The summed E-state index contributed by atoms with van der Waals surface area (Å²) in [5.41, 5.74) is 2.29. The number of rotatable bonds is 5. The molecule has 0 saturated carbocycles. The van der Waals surface area contributed by atoms with Crippen LogP contribution in [0.25, 0.3) is 5.69 Å². The van der Waals surface area contributed by atoms with E-state index in [1.54, 1.807) is 35.4 Å². The van der Waals surface area contributed by atoms with Crippen molar-refractivity contribution in [1.29, 1.82) is 0 Å². The molecule has 0 radical (unpaired) electrons. The minimum Gasteiger partial charge on any atom is -0.347 e. The van der Waals surface area contributed by atoms with Gasteiger partial charge in [-0.15, -0.1) is 11.3 Å². The summed E-state index contributed by atoms with van der Waals surface area (Å²) in [7, 11) is 0. The normalized spacial score (nSPS) is 10.8. The molecule has 0 saturated heterocycles. The van der Waals surface area contributed by atoms with Crippen LogP contribution in [0, 0.1) is 12.7 Å². The molecule has 124 valence electrons. The molecule has 0 aliphatic rings. The number of aryl methyl sites for hydroxylation is 2. The van der Waals surface area contributed by atoms with Crippen LogP contribution in [0.15, 0.2) is 43.0 Å². The van der Waals surface area contributed by atoms with Crippen molar-refractivity contribution in [3.8, 4) is 5.69 Å². The van der Waals surface area contributed by atoms with E-state index in [1.165, 1.54) is 22.3 Å². The molecule has 4 nitrogen and oxygen atoms in total. The number of benzene rings is 1. The lowest BCUT2D eigenvalue weighted by Gasteiger charge is -2.08. The number of hydrogen-bond donors (Lipinski definition) is 1. The Morgan fingerprint density at radius 1 is 1.38 bits per heavy atom. The van der Waals surface area contributed by atoms with Gasteiger partial charge in [0.25, 0.3) is 5.91 Å². The summed E-state index contributed by atoms with van der Waals surface area (Å²) in [5.74, 6) is -0.470. The first-order valence-electron chi connectivity index (χ1n) is 7.72. The second-order valence-electron chi connectivity index (χ2n) is 5.51. The number of carbonyl (C=O) groups excluding carboxylic acids is 1. The van der Waals surface area contributed by atoms with E-state index in [1.807, 2.05) is 13.0 Å². The maximum atomic E-state index is 14.2. The molecule has 1 amide bonds. The van der Waals surface area contributed by atoms with Crippen LogP contribution in [0.1, 0.15) is 32.6 Å². The van der Waals surface area contributed by atoms with Crippen molar-refractivity contribution in [2.75, 3.05) is 0 Å². The lowest BCUT2D eigenvalue weighted by atomic mass is 10.2. The van der Waals surface area contributed by atoms with Gasteiger partial charge in [0.15, 0.2) is 0 Å². The molecule has 0 aliphatic carbocycles. The Kier molecular flexibility index (Phi) is 4.76. The lowest BCUT2D eigenvalue weighted by Crippen LogP contribution is -2.21. The molecule has 0 bridgehead atoms. The first-order chi connectivity index (χ1) is 11.6. The largest absolute Gasteiger partial charge is 0.347 e. The van der Waals surface area contributed by atoms with Crippen LogP contribution in [0.2, 0.25) is 0 Å². The molecular weight excluding hydrogens is 325 g/mol. The molecular formula is C18H18FN3OS. The second-order valence-corrected chi connectivity index (χ2v) is 6.65. The predicted octanol–water partition coefficient (Wildman–Crippen LogP) is 3.87. The van der Waals surface area contributed by atoms with Gasteiger partial charge >= 0.3 is 0 Å². The first-order valence-corrected chi connectivity index (χ1v) is 8.54. The number of imidazole rings is 1. The standard InChI is InChI=1S/C18H18FN3OS/c1-3-16-12(2)8-17(24-16)18(23)21-10-13-4-5-15(14(19)9-13)22-7-6-20-11-22/h4-9,11H,3,10H2,1-2H3,(H,21,23). The third-order valence-corrected chi connectivity index (χ3v) is 5.19. The molecule has 2 heterocycles. The van der Waals surface area contributed by atoms with Gasteiger partial charge in [-0.05, 0) is 42.7 Å². The number of thiophene rings is 1. The van der Waals surface area contributed by atoms with Crippen LogP contribution in [0.4, 0.5) is 4.39 Å². The summed E-state index contributed by atoms with van der Waals surface area (Å²) in [4.78, 5) is 18.1. The van der Waals surface area contributed by atoms with E-state index >= 15 is 0 Å². The van der Waals surface area contributed by atoms with Crippen molar-refractivity contribution in [2.45, 2.75) is 26.8 Å². The Bertz CT molecular complexity index is 855. The van der Waals surface area contributed by atoms with Crippen LogP contribution in [-0.4, -0.2) is 15.5 Å². The quantitative estimate of drug-likeness (QED) is 0.764. The summed E-state index contributed by atoms with van der Waals surface area (Å²) in [6.45, 7) is 4.37. The zero-order valence-electron chi connectivity index (χ0n) is 13.5. The Labute approximate surface area is 144 Å². The summed E-state index contributed by atoms with van der Waals surface area (Å²) >= 11 is 1.51. The van der Waals surface area contributed by atoms with Gasteiger partial charge in [-0.25, -0.2) is 9.37 Å². The van der Waals surface area contributed by atoms with E-state index in [2.05, 4.69) is 17.2 Å². The molecule has 6 heteroatoms. The maximum Gasteiger partial charge on any atom is 0.261 e. The lowest BCUT2D eigenvalue weighted by molar-refractivity contribution is 0.0955. The fourth-order valence-corrected chi connectivity index (χ4v) is 3.55. The van der Waals surface area contributed by atoms with Gasteiger partial charge < -0.3 is 9.88 Å². The number of halogens is 1. The van der Waals surface area contributed by atoms with Crippen LogP contribution < -0.4 is 5.32 Å². The van der Waals surface area contributed by atoms with Gasteiger partial charge in [0.05, 0.1) is 16.9 Å². The molecule has 3 aromatic rings. The molecule has 0 spiro atoms. The van der Waals surface area contributed by atoms with Crippen LogP contribution >= 0.6 is 11.3 Å². The van der Waals surface area contributed by atoms with Gasteiger partial charge in [0, 0.05) is 23.8 Å². The van der Waals surface area contributed by atoms with Crippen LogP contribution in [0.3, 0.4) is 0 Å². The summed E-state index contributed by atoms with van der Waals surface area (Å²) < 4.78 is 15.8. The Morgan fingerprint density at radius 3 is 2.83 bits per heavy atom. The molecule has 0 unspecified atom stereocenters. The molecule has 1 aromatic carbocycles. The average Bonchev–Trinajstić information content (AvgIpc) is 3.22. The van der Waals surface area contributed by atoms with Crippen molar-refractivity contribution in [2.24, 2.45) is 0 Å². The van der Waals surface area contributed by atoms with E-state index in [9.17, 15) is 9.18 Å². The number of nitrogens with zero attached hydrogens (tertiary/aromatic N) is 2. The highest BCUT2D eigenvalue weighted by atomic mass is 32.1. The molecule has 0 atom stereocenters. The van der Waals surface area contributed by atoms with Gasteiger partial charge in [-0.1, -0.05) is 13.0 Å². The van der Waals surface area contributed by atoms with Gasteiger partial charge in [-0.2, -0.15) is 0 Å². The van der Waals surface area contributed by atoms with Gasteiger partial charge in [0.1, 0.15) is 5.82 Å². The maximum absolute atomic E-state index is 14.2. The van der Waals surface area contributed by atoms with Gasteiger partial charge in [-0.3, -0.25) is 4.79 Å². The Balaban J connectivity index is 1.68. The third-order valence-electron chi connectivity index (χ3n) is 3.81. The molecule has 24 heavy (non-hydrogen) atoms. The molecule has 3 rings (SSSR count). The highest BCUT2D eigenvalue weighted by Gasteiger charge is 2.12. The van der Waals surface area contributed by atoms with E-state index in [-0.39, 0.29) is 11.7 Å². The van der Waals surface area contributed by atoms with Crippen molar-refractivity contribution in [1.82, 2.24) is 14.9 Å². The highest BCUT2D eigenvalue weighted by Crippen LogP contribution is 2.22. The van der Waals surface area contributed by atoms with E-state index in [0.717, 1.165) is 12.0 Å². The minimum atomic E-state index is -0.347. The molecule has 1 N–H and O–H groups in total. The first kappa shape index (κ1) is 16.4. The molecule has 0 aliphatic heterocycles. The third kappa shape index (κ3) is 3.38. The summed E-state index contributed by atoms with van der Waals surface area (Å²) in [6, 6.07) is 6.83. The van der Waals surface area contributed by atoms with Crippen molar-refractivity contribution in [3.63, 3.8) is 0 Å². The smallest absolute Gasteiger partial charge is 0.261 e. The van der Waals surface area contributed by atoms with Crippen molar-refractivity contribution < 1.29 is 9.18 Å². The number of aromatic nitrogens is 2.